The highest BCUT2D eigenvalue weighted by Crippen LogP contribution is 2.23. The van der Waals surface area contributed by atoms with Gasteiger partial charge in [0.2, 0.25) is 5.78 Å². The van der Waals surface area contributed by atoms with Crippen LogP contribution in [0.2, 0.25) is 0 Å². The van der Waals surface area contributed by atoms with Crippen LogP contribution in [0.3, 0.4) is 0 Å². The molecule has 0 aliphatic carbocycles. The van der Waals surface area contributed by atoms with Crippen molar-refractivity contribution < 1.29 is 23.5 Å². The Morgan fingerprint density at radius 3 is 2.33 bits per heavy atom. The molecule has 0 atom stereocenters. The van der Waals surface area contributed by atoms with Gasteiger partial charge in [0.25, 0.3) is 0 Å². The minimum absolute atomic E-state index is 0.225. The van der Waals surface area contributed by atoms with Crippen molar-refractivity contribution >= 4 is 27.7 Å². The molecule has 0 saturated carbocycles. The minimum atomic E-state index is -1.68. The van der Waals surface area contributed by atoms with E-state index in [2.05, 4.69) is 15.9 Å². The first-order valence-electron chi connectivity index (χ1n) is 3.82. The van der Waals surface area contributed by atoms with Crippen molar-refractivity contribution in [2.75, 3.05) is 0 Å². The van der Waals surface area contributed by atoms with Crippen LogP contribution in [0.4, 0.5) is 8.78 Å². The second-order valence-electron chi connectivity index (χ2n) is 2.73. The Bertz CT molecular complexity index is 432. The zero-order valence-corrected chi connectivity index (χ0v) is 8.85. The number of Topliss-reactive ketones (excluding diaryl/α,β-unsaturated/α-hetero) is 1. The van der Waals surface area contributed by atoms with Crippen LogP contribution in [0.1, 0.15) is 5.56 Å². The largest absolute Gasteiger partial charge is 0.475 e. The van der Waals surface area contributed by atoms with Gasteiger partial charge in [0.05, 0.1) is 4.47 Å². The van der Waals surface area contributed by atoms with E-state index in [1.165, 1.54) is 0 Å². The molecule has 0 saturated heterocycles. The molecule has 0 amide bonds. The second kappa shape index (κ2) is 4.48. The zero-order valence-electron chi connectivity index (χ0n) is 7.26. The molecule has 0 spiro atoms. The topological polar surface area (TPSA) is 54.4 Å². The van der Waals surface area contributed by atoms with Crippen LogP contribution in [0.15, 0.2) is 16.6 Å². The van der Waals surface area contributed by atoms with Gasteiger partial charge in [-0.25, -0.2) is 13.6 Å². The number of carboxylic acids is 1. The molecule has 0 bridgehead atoms. The van der Waals surface area contributed by atoms with Crippen LogP contribution in [0, 0.1) is 11.6 Å². The minimum Gasteiger partial charge on any atom is -0.475 e. The molecule has 0 fully saturated rings. The molecule has 0 aliphatic heterocycles. The normalized spacial score (nSPS) is 10.1. The number of ketones is 1. The molecule has 1 rings (SSSR count). The molecule has 1 aromatic rings. The van der Waals surface area contributed by atoms with Crippen molar-refractivity contribution in [1.82, 2.24) is 0 Å². The summed E-state index contributed by atoms with van der Waals surface area (Å²) < 4.78 is 25.8. The summed E-state index contributed by atoms with van der Waals surface area (Å²) in [6.45, 7) is 0. The maximum atomic E-state index is 13.1. The van der Waals surface area contributed by atoms with Crippen molar-refractivity contribution in [3.8, 4) is 0 Å². The van der Waals surface area contributed by atoms with E-state index in [0.29, 0.717) is 0 Å². The van der Waals surface area contributed by atoms with Crippen molar-refractivity contribution in [1.29, 1.82) is 0 Å². The van der Waals surface area contributed by atoms with Crippen molar-refractivity contribution in [3.63, 3.8) is 0 Å². The summed E-state index contributed by atoms with van der Waals surface area (Å²) in [5, 5.41) is 8.31. The molecular weight excluding hydrogens is 274 g/mol. The summed E-state index contributed by atoms with van der Waals surface area (Å²) in [7, 11) is 0. The molecule has 1 aromatic carbocycles. The maximum absolute atomic E-state index is 13.1. The first kappa shape index (κ1) is 11.8. The van der Waals surface area contributed by atoms with E-state index < -0.39 is 29.8 Å². The molecule has 3 nitrogen and oxygen atoms in total. The van der Waals surface area contributed by atoms with Crippen molar-refractivity contribution in [2.45, 2.75) is 6.42 Å². The van der Waals surface area contributed by atoms with E-state index in [0.717, 1.165) is 12.1 Å². The van der Waals surface area contributed by atoms with Gasteiger partial charge in [-0.1, -0.05) is 0 Å². The van der Waals surface area contributed by atoms with E-state index in [1.807, 2.05) is 0 Å². The first-order chi connectivity index (χ1) is 6.93. The highest BCUT2D eigenvalue weighted by molar-refractivity contribution is 9.10. The van der Waals surface area contributed by atoms with Gasteiger partial charge in [0.1, 0.15) is 11.6 Å². The lowest BCUT2D eigenvalue weighted by molar-refractivity contribution is -0.148. The quantitative estimate of drug-likeness (QED) is 0.679. The van der Waals surface area contributed by atoms with Crippen LogP contribution < -0.4 is 0 Å². The van der Waals surface area contributed by atoms with Gasteiger partial charge < -0.3 is 5.11 Å². The Balaban J connectivity index is 3.09. The number of halogens is 3. The van der Waals surface area contributed by atoms with Gasteiger partial charge >= 0.3 is 5.97 Å². The third-order valence-corrected chi connectivity index (χ3v) is 2.57. The summed E-state index contributed by atoms with van der Waals surface area (Å²) in [6.07, 6.45) is -0.681. The summed E-state index contributed by atoms with van der Waals surface area (Å²) in [6, 6.07) is 1.72. The lowest BCUT2D eigenvalue weighted by atomic mass is 10.1. The number of carbonyl (C=O) groups is 2. The fourth-order valence-electron chi connectivity index (χ4n) is 0.967. The smallest absolute Gasteiger partial charge is 0.372 e. The molecule has 0 unspecified atom stereocenters. The molecule has 1 N–H and O–H groups in total. The Hall–Kier alpha value is -1.30. The molecule has 0 aliphatic rings. The molecule has 0 aromatic heterocycles. The van der Waals surface area contributed by atoms with E-state index in [1.54, 1.807) is 0 Å². The SMILES string of the molecule is O=C(O)C(=O)Cc1c(F)ccc(F)c1Br. The van der Waals surface area contributed by atoms with Crippen LogP contribution in [-0.2, 0) is 16.0 Å². The van der Waals surface area contributed by atoms with Gasteiger partial charge in [-0.3, -0.25) is 4.79 Å². The number of aliphatic carboxylic acids is 1. The van der Waals surface area contributed by atoms with Gasteiger partial charge in [-0.2, -0.15) is 0 Å². The zero-order chi connectivity index (χ0) is 11.6. The molecule has 0 radical (unpaired) electrons. The summed E-state index contributed by atoms with van der Waals surface area (Å²) >= 11 is 2.75. The fraction of sp³-hybridized carbons (Fsp3) is 0.111. The average Bonchev–Trinajstić information content (AvgIpc) is 2.18. The van der Waals surface area contributed by atoms with E-state index in [-0.39, 0.29) is 10.0 Å². The number of hydrogen-bond acceptors (Lipinski definition) is 2. The third-order valence-electron chi connectivity index (χ3n) is 1.71. The average molecular weight is 279 g/mol. The first-order valence-corrected chi connectivity index (χ1v) is 4.61. The summed E-state index contributed by atoms with van der Waals surface area (Å²) in [5.41, 5.74) is -0.289. The number of hydrogen-bond donors (Lipinski definition) is 1. The van der Waals surface area contributed by atoms with Crippen LogP contribution in [-0.4, -0.2) is 16.9 Å². The van der Waals surface area contributed by atoms with Gasteiger partial charge in [-0.05, 0) is 28.1 Å². The predicted octanol–water partition coefficient (Wildman–Crippen LogP) is 1.92. The van der Waals surface area contributed by atoms with Gasteiger partial charge in [0.15, 0.2) is 0 Å². The van der Waals surface area contributed by atoms with Gasteiger partial charge in [0, 0.05) is 12.0 Å². The molecule has 15 heavy (non-hydrogen) atoms. The lowest BCUT2D eigenvalue weighted by Gasteiger charge is -2.04. The highest BCUT2D eigenvalue weighted by atomic mass is 79.9. The monoisotopic (exact) mass is 278 g/mol. The predicted molar refractivity (Wildman–Crippen MR) is 50.4 cm³/mol. The molecule has 0 heterocycles. The molecule has 6 heteroatoms. The summed E-state index contributed by atoms with van der Waals surface area (Å²) in [5.74, 6) is -4.44. The molecular formula is C9H5BrF2O3. The van der Waals surface area contributed by atoms with Crippen molar-refractivity contribution in [3.05, 3.63) is 33.8 Å². The number of carbonyl (C=O) groups excluding carboxylic acids is 1. The Morgan fingerprint density at radius 2 is 1.80 bits per heavy atom. The van der Waals surface area contributed by atoms with E-state index >= 15 is 0 Å². The summed E-state index contributed by atoms with van der Waals surface area (Å²) in [4.78, 5) is 21.0. The number of rotatable bonds is 3. The Kier molecular flexibility index (Phi) is 3.52. The van der Waals surface area contributed by atoms with Crippen LogP contribution >= 0.6 is 15.9 Å². The van der Waals surface area contributed by atoms with Crippen LogP contribution in [0.25, 0.3) is 0 Å². The Labute approximate surface area is 91.8 Å². The Morgan fingerprint density at radius 1 is 1.27 bits per heavy atom. The standard InChI is InChI=1S/C9H5BrF2O3/c10-8-4(3-7(13)9(14)15)5(11)1-2-6(8)12/h1-2H,3H2,(H,14,15). The van der Waals surface area contributed by atoms with Crippen LogP contribution in [0.5, 0.6) is 0 Å². The number of carboxylic acid groups (broad SMARTS) is 1. The second-order valence-corrected chi connectivity index (χ2v) is 3.52. The van der Waals surface area contributed by atoms with Gasteiger partial charge in [-0.15, -0.1) is 0 Å². The molecule has 80 valence electrons. The lowest BCUT2D eigenvalue weighted by Crippen LogP contribution is -2.16. The third kappa shape index (κ3) is 2.59. The van der Waals surface area contributed by atoms with Crippen molar-refractivity contribution in [2.24, 2.45) is 0 Å². The van der Waals surface area contributed by atoms with E-state index in [9.17, 15) is 18.4 Å². The van der Waals surface area contributed by atoms with E-state index in [4.69, 9.17) is 5.11 Å². The highest BCUT2D eigenvalue weighted by Gasteiger charge is 2.19. The maximum Gasteiger partial charge on any atom is 0.372 e. The number of benzene rings is 1. The fourth-order valence-corrected chi connectivity index (χ4v) is 1.43.